The summed E-state index contributed by atoms with van der Waals surface area (Å²) in [5.41, 5.74) is -0.515. The quantitative estimate of drug-likeness (QED) is 0.119. The van der Waals surface area contributed by atoms with Crippen molar-refractivity contribution in [3.63, 3.8) is 0 Å². The third kappa shape index (κ3) is 7.84. The summed E-state index contributed by atoms with van der Waals surface area (Å²) in [5, 5.41) is 88.6. The molecule has 3 heterocycles. The van der Waals surface area contributed by atoms with Crippen LogP contribution < -0.4 is 5.32 Å². The van der Waals surface area contributed by atoms with E-state index < -0.39 is 115 Å². The van der Waals surface area contributed by atoms with Crippen molar-refractivity contribution in [3.05, 3.63) is 11.6 Å². The number of aliphatic hydroxyl groups excluding tert-OH is 7. The van der Waals surface area contributed by atoms with Crippen LogP contribution in [0.3, 0.4) is 0 Å². The molecule has 5 aliphatic carbocycles. The number of aliphatic carboxylic acids is 1. The molecular weight excluding hydrogens is 859 g/mol. The lowest BCUT2D eigenvalue weighted by molar-refractivity contribution is -0.352. The Morgan fingerprint density at radius 1 is 0.712 bits per heavy atom. The van der Waals surface area contributed by atoms with Gasteiger partial charge in [-0.25, -0.2) is 0 Å². The number of hydrogen-bond acceptors (Lipinski definition) is 15. The van der Waals surface area contributed by atoms with E-state index in [1.54, 1.807) is 0 Å². The number of ether oxygens (including phenoxy) is 6. The topological polar surface area (TPSA) is 263 Å². The van der Waals surface area contributed by atoms with Crippen LogP contribution in [0.4, 0.5) is 0 Å². The molecule has 4 saturated carbocycles. The molecule has 17 nitrogen and oxygen atoms in total. The molecule has 0 aromatic rings. The molecule has 0 radical (unpaired) electrons. The second kappa shape index (κ2) is 17.5. The summed E-state index contributed by atoms with van der Waals surface area (Å²) < 4.78 is 36.1. The number of carbonyl (C=O) groups is 2. The van der Waals surface area contributed by atoms with E-state index in [1.165, 1.54) is 12.5 Å². The van der Waals surface area contributed by atoms with Crippen LogP contribution in [0.2, 0.25) is 0 Å². The van der Waals surface area contributed by atoms with E-state index in [2.05, 4.69) is 66.8 Å². The van der Waals surface area contributed by atoms with Gasteiger partial charge in [-0.2, -0.15) is 0 Å². The summed E-state index contributed by atoms with van der Waals surface area (Å²) in [5.74, 6) is -0.544. The van der Waals surface area contributed by atoms with Gasteiger partial charge in [0.25, 0.3) is 0 Å². The van der Waals surface area contributed by atoms with Crippen LogP contribution in [0.25, 0.3) is 0 Å². The summed E-state index contributed by atoms with van der Waals surface area (Å²) in [6.45, 7) is 18.9. The molecule has 376 valence electrons. The number of nitrogens with one attached hydrogen (secondary N) is 1. The second-order valence-electron chi connectivity index (χ2n) is 24.0. The zero-order valence-corrected chi connectivity index (χ0v) is 40.4. The van der Waals surface area contributed by atoms with Gasteiger partial charge in [0.1, 0.15) is 61.0 Å². The molecule has 66 heavy (non-hydrogen) atoms. The van der Waals surface area contributed by atoms with Gasteiger partial charge in [0, 0.05) is 12.3 Å². The molecule has 2 unspecified atom stereocenters. The van der Waals surface area contributed by atoms with Gasteiger partial charge in [0.2, 0.25) is 5.91 Å². The number of allylic oxidation sites excluding steroid dienone is 2. The maximum absolute atomic E-state index is 13.3. The van der Waals surface area contributed by atoms with Gasteiger partial charge >= 0.3 is 5.97 Å². The Labute approximate surface area is 388 Å². The summed E-state index contributed by atoms with van der Waals surface area (Å²) >= 11 is 0. The maximum atomic E-state index is 13.3. The van der Waals surface area contributed by atoms with Crippen molar-refractivity contribution in [3.8, 4) is 0 Å². The molecule has 8 rings (SSSR count). The number of carboxylic acids is 1. The summed E-state index contributed by atoms with van der Waals surface area (Å²) in [7, 11) is 0. The number of fused-ring (bicyclic) bond motifs is 7. The summed E-state index contributed by atoms with van der Waals surface area (Å²) in [4.78, 5) is 25.9. The van der Waals surface area contributed by atoms with Crippen molar-refractivity contribution >= 4 is 11.9 Å². The normalized spacial score (nSPS) is 52.1. The van der Waals surface area contributed by atoms with E-state index in [-0.39, 0.29) is 46.9 Å². The Morgan fingerprint density at radius 3 is 2.03 bits per heavy atom. The third-order valence-electron chi connectivity index (χ3n) is 19.5. The lowest BCUT2D eigenvalue weighted by Crippen LogP contribution is -2.68. The zero-order valence-electron chi connectivity index (χ0n) is 40.4. The molecular formula is C49H79NO16. The van der Waals surface area contributed by atoms with Crippen LogP contribution in [0, 0.1) is 49.7 Å². The van der Waals surface area contributed by atoms with Crippen LogP contribution in [0.1, 0.15) is 127 Å². The van der Waals surface area contributed by atoms with Crippen molar-refractivity contribution in [1.29, 1.82) is 0 Å². The molecule has 1 amide bonds. The lowest BCUT2D eigenvalue weighted by atomic mass is 9.31. The Morgan fingerprint density at radius 2 is 1.36 bits per heavy atom. The SMILES string of the molecule is CC(=O)N[C@H]1[C@H](O[C@H]2CC[C@@]3(C)C(CC[C@]4(C)C3CC=C3[C@]5(C)CC(C)(C)CC[C@]5(C(=O)O)CC[C@]34C)C2(C)C)O[C@H](CO[C@@H]2OC[C@H](O)[C@H](O)[C@H]2O[C@@H]2OC[C@H](O)[C@H](O)[C@H]2O)[C@@H](O)[C@@H]1O. The smallest absolute Gasteiger partial charge is 0.310 e. The number of amides is 1. The maximum Gasteiger partial charge on any atom is 0.310 e. The highest BCUT2D eigenvalue weighted by atomic mass is 16.8. The Bertz CT molecular complexity index is 1860. The first-order valence-corrected chi connectivity index (χ1v) is 24.5. The molecule has 3 aliphatic heterocycles. The summed E-state index contributed by atoms with van der Waals surface area (Å²) in [6.07, 6.45) is -7.23. The molecule has 17 heteroatoms. The Kier molecular flexibility index (Phi) is 13.4. The van der Waals surface area contributed by atoms with Crippen LogP contribution in [-0.2, 0) is 38.0 Å². The third-order valence-corrected chi connectivity index (χ3v) is 19.5. The van der Waals surface area contributed by atoms with Gasteiger partial charge in [0.15, 0.2) is 18.9 Å². The van der Waals surface area contributed by atoms with Crippen molar-refractivity contribution in [2.24, 2.45) is 49.7 Å². The molecule has 7 fully saturated rings. The minimum atomic E-state index is -1.70. The van der Waals surface area contributed by atoms with Crippen LogP contribution in [0.5, 0.6) is 0 Å². The van der Waals surface area contributed by atoms with E-state index in [1.807, 2.05) is 0 Å². The molecule has 0 spiro atoms. The Balaban J connectivity index is 1.00. The Hall–Kier alpha value is -1.84. The molecule has 0 aromatic carbocycles. The van der Waals surface area contributed by atoms with Crippen LogP contribution >= 0.6 is 0 Å². The van der Waals surface area contributed by atoms with Crippen LogP contribution in [0.15, 0.2) is 11.6 Å². The van der Waals surface area contributed by atoms with E-state index in [4.69, 9.17) is 28.4 Å². The first-order valence-electron chi connectivity index (χ1n) is 24.5. The average molecular weight is 938 g/mol. The molecule has 8 aliphatic rings. The average Bonchev–Trinajstić information content (AvgIpc) is 3.22. The number of rotatable bonds is 9. The second-order valence-corrected chi connectivity index (χ2v) is 24.0. The van der Waals surface area contributed by atoms with Crippen molar-refractivity contribution < 1.29 is 78.9 Å². The van der Waals surface area contributed by atoms with E-state index in [0.717, 1.165) is 44.9 Å². The number of hydrogen-bond donors (Lipinski definition) is 9. The zero-order chi connectivity index (χ0) is 48.3. The molecule has 0 aromatic heterocycles. The van der Waals surface area contributed by atoms with Gasteiger partial charge < -0.3 is 74.6 Å². The van der Waals surface area contributed by atoms with E-state index in [0.29, 0.717) is 25.2 Å². The monoisotopic (exact) mass is 938 g/mol. The molecule has 3 saturated heterocycles. The van der Waals surface area contributed by atoms with Gasteiger partial charge in [-0.05, 0) is 103 Å². The fraction of sp³-hybridized carbons (Fsp3) is 0.918. The van der Waals surface area contributed by atoms with Gasteiger partial charge in [-0.3, -0.25) is 9.59 Å². The minimum absolute atomic E-state index is 0.0442. The first-order chi connectivity index (χ1) is 30.7. The number of aliphatic hydroxyl groups is 7. The predicted octanol–water partition coefficient (Wildman–Crippen LogP) is 2.52. The van der Waals surface area contributed by atoms with Crippen molar-refractivity contribution in [2.75, 3.05) is 19.8 Å². The van der Waals surface area contributed by atoms with Crippen molar-refractivity contribution in [1.82, 2.24) is 5.32 Å². The predicted molar refractivity (Wildman–Crippen MR) is 235 cm³/mol. The minimum Gasteiger partial charge on any atom is -0.481 e. The standard InChI is InChI=1S/C49H79NO16/c1-24(51)50-32-36(57)35(56)27(22-63-41-38(34(55)26(53)21-62-41)66-40-37(58)33(54)25(52)20-61-40)64-39(32)65-31-13-14-45(6)28(44(31,4)5)12-15-46(7)29(45)10-11-30-47(46,8)17-19-49(42(59)60)18-16-43(2,3)23-48(30,49)9/h11,25-29,31-41,52-58H,10,12-23H2,1-9H3,(H,50,51)(H,59,60)/t25-,26-,27+,28?,29?,31-,32+,33-,34-,35+,36+,37+,38+,39-,40-,41-,45-,46+,47+,48-,49+/m0/s1. The van der Waals surface area contributed by atoms with Crippen LogP contribution in [-0.4, -0.2) is 159 Å². The molecule has 0 bridgehead atoms. The fourth-order valence-electron chi connectivity index (χ4n) is 15.7. The van der Waals surface area contributed by atoms with E-state index in [9.17, 15) is 50.4 Å². The summed E-state index contributed by atoms with van der Waals surface area (Å²) in [6, 6.07) is -1.14. The highest BCUT2D eigenvalue weighted by molar-refractivity contribution is 5.78. The highest BCUT2D eigenvalue weighted by Crippen LogP contribution is 2.78. The number of carboxylic acid groups (broad SMARTS) is 1. The first kappa shape index (κ1) is 50.5. The van der Waals surface area contributed by atoms with E-state index >= 15 is 0 Å². The van der Waals surface area contributed by atoms with Gasteiger partial charge in [-0.1, -0.05) is 67.0 Å². The molecule has 9 N–H and O–H groups in total. The fourth-order valence-corrected chi connectivity index (χ4v) is 15.7. The number of carbonyl (C=O) groups excluding carboxylic acids is 1. The van der Waals surface area contributed by atoms with Gasteiger partial charge in [-0.15, -0.1) is 0 Å². The molecule has 21 atom stereocenters. The highest BCUT2D eigenvalue weighted by Gasteiger charge is 2.72. The van der Waals surface area contributed by atoms with Gasteiger partial charge in [0.05, 0.1) is 31.3 Å². The van der Waals surface area contributed by atoms with Crippen molar-refractivity contribution in [2.45, 2.75) is 212 Å². The largest absolute Gasteiger partial charge is 0.481 e. The lowest BCUT2D eigenvalue weighted by Gasteiger charge is -2.73.